The number of piperidine rings is 1. The molecule has 3 heterocycles. The van der Waals surface area contributed by atoms with Crippen molar-refractivity contribution in [1.29, 1.82) is 0 Å². The van der Waals surface area contributed by atoms with Gasteiger partial charge in [0.2, 0.25) is 0 Å². The van der Waals surface area contributed by atoms with Crippen LogP contribution in [-0.4, -0.2) is 41.4 Å². The average Bonchev–Trinajstić information content (AvgIpc) is 3.07. The number of rotatable bonds is 2. The molecule has 7 heteroatoms. The molecule has 4 rings (SSSR count). The quantitative estimate of drug-likeness (QED) is 0.786. The first-order valence-electron chi connectivity index (χ1n) is 8.09. The Labute approximate surface area is 142 Å². The number of nitrogens with zero attached hydrogens (tertiary/aromatic N) is 2. The largest absolute Gasteiger partial charge is 0.479 e. The molecule has 1 spiro atoms. The SMILES string of the molecule is O=Cc1ccc2n1-c1c(F)cccc1OC21CCN(C(=O)CF)CC1. The highest BCUT2D eigenvalue weighted by Gasteiger charge is 2.45. The summed E-state index contributed by atoms with van der Waals surface area (Å²) in [7, 11) is 0. The van der Waals surface area contributed by atoms with Crippen LogP contribution in [0.5, 0.6) is 5.75 Å². The Morgan fingerprint density at radius 1 is 1.24 bits per heavy atom. The van der Waals surface area contributed by atoms with Crippen LogP contribution in [0, 0.1) is 5.82 Å². The van der Waals surface area contributed by atoms with Gasteiger partial charge in [-0.3, -0.25) is 9.59 Å². The number of carbonyl (C=O) groups is 2. The fraction of sp³-hybridized carbons (Fsp3) is 0.333. The number of hydrogen-bond donors (Lipinski definition) is 0. The topological polar surface area (TPSA) is 51.5 Å². The fourth-order valence-corrected chi connectivity index (χ4v) is 3.77. The van der Waals surface area contributed by atoms with Crippen LogP contribution in [0.3, 0.4) is 0 Å². The van der Waals surface area contributed by atoms with Crippen molar-refractivity contribution in [1.82, 2.24) is 9.47 Å². The van der Waals surface area contributed by atoms with Gasteiger partial charge < -0.3 is 14.2 Å². The molecule has 1 saturated heterocycles. The van der Waals surface area contributed by atoms with Crippen LogP contribution in [-0.2, 0) is 10.4 Å². The standard InChI is InChI=1S/C18H16F2N2O3/c19-10-16(24)21-8-6-18(7-9-21)15-5-4-12(11-23)22(15)17-13(20)2-1-3-14(17)25-18/h1-5,11H,6-10H2. The van der Waals surface area contributed by atoms with E-state index in [9.17, 15) is 18.4 Å². The van der Waals surface area contributed by atoms with E-state index in [1.165, 1.54) is 11.0 Å². The fourth-order valence-electron chi connectivity index (χ4n) is 3.77. The van der Waals surface area contributed by atoms with Gasteiger partial charge >= 0.3 is 0 Å². The Hall–Kier alpha value is -2.70. The number of aldehydes is 1. The number of likely N-dealkylation sites (tertiary alicyclic amines) is 1. The van der Waals surface area contributed by atoms with Crippen molar-refractivity contribution < 1.29 is 23.1 Å². The van der Waals surface area contributed by atoms with E-state index in [1.54, 1.807) is 28.8 Å². The van der Waals surface area contributed by atoms with E-state index in [-0.39, 0.29) is 5.69 Å². The van der Waals surface area contributed by atoms with Gasteiger partial charge in [-0.25, -0.2) is 8.78 Å². The predicted octanol–water partition coefficient (Wildman–Crippen LogP) is 2.61. The number of benzene rings is 1. The van der Waals surface area contributed by atoms with E-state index in [0.717, 1.165) is 0 Å². The summed E-state index contributed by atoms with van der Waals surface area (Å²) in [6.45, 7) is -0.336. The Bertz CT molecular complexity index is 854. The summed E-state index contributed by atoms with van der Waals surface area (Å²) in [6, 6.07) is 7.93. The first-order chi connectivity index (χ1) is 12.1. The summed E-state index contributed by atoms with van der Waals surface area (Å²) < 4.78 is 34.8. The van der Waals surface area contributed by atoms with Crippen LogP contribution in [0.1, 0.15) is 29.0 Å². The molecule has 0 aliphatic carbocycles. The molecule has 2 aromatic rings. The van der Waals surface area contributed by atoms with Gasteiger partial charge in [0.15, 0.2) is 24.4 Å². The number of amides is 1. The Balaban J connectivity index is 1.80. The average molecular weight is 346 g/mol. The molecule has 0 bridgehead atoms. The number of ether oxygens (including phenoxy) is 1. The van der Waals surface area contributed by atoms with Gasteiger partial charge in [-0.05, 0) is 24.3 Å². The highest BCUT2D eigenvalue weighted by molar-refractivity contribution is 5.78. The minimum atomic E-state index is -1.02. The molecular formula is C18H16F2N2O3. The highest BCUT2D eigenvalue weighted by atomic mass is 19.1. The normalized spacial score (nSPS) is 17.6. The predicted molar refractivity (Wildman–Crippen MR) is 85.2 cm³/mol. The Morgan fingerprint density at radius 3 is 2.68 bits per heavy atom. The molecular weight excluding hydrogens is 330 g/mol. The van der Waals surface area contributed by atoms with Gasteiger partial charge in [-0.2, -0.15) is 0 Å². The number of fused-ring (bicyclic) bond motifs is 4. The summed E-state index contributed by atoms with van der Waals surface area (Å²) >= 11 is 0. The van der Waals surface area contributed by atoms with Crippen molar-refractivity contribution >= 4 is 12.2 Å². The molecule has 0 radical (unpaired) electrons. The lowest BCUT2D eigenvalue weighted by molar-refractivity contribution is -0.136. The maximum absolute atomic E-state index is 14.4. The van der Waals surface area contributed by atoms with Crippen molar-refractivity contribution in [3.05, 3.63) is 47.5 Å². The monoisotopic (exact) mass is 346 g/mol. The minimum Gasteiger partial charge on any atom is -0.479 e. The van der Waals surface area contributed by atoms with Crippen LogP contribution in [0.2, 0.25) is 0 Å². The zero-order valence-electron chi connectivity index (χ0n) is 13.4. The highest BCUT2D eigenvalue weighted by Crippen LogP contribution is 2.46. The van der Waals surface area contributed by atoms with Crippen LogP contribution in [0.15, 0.2) is 30.3 Å². The molecule has 130 valence electrons. The van der Waals surface area contributed by atoms with Crippen LogP contribution in [0.25, 0.3) is 5.69 Å². The minimum absolute atomic E-state index is 0.220. The van der Waals surface area contributed by atoms with Crippen molar-refractivity contribution in [2.75, 3.05) is 19.8 Å². The molecule has 1 fully saturated rings. The van der Waals surface area contributed by atoms with Gasteiger partial charge in [0.05, 0.1) is 11.4 Å². The first kappa shape index (κ1) is 15.8. The molecule has 2 aliphatic heterocycles. The Morgan fingerprint density at radius 2 is 2.00 bits per heavy atom. The van der Waals surface area contributed by atoms with E-state index in [4.69, 9.17) is 4.74 Å². The van der Waals surface area contributed by atoms with E-state index in [2.05, 4.69) is 0 Å². The number of para-hydroxylation sites is 1. The number of halogens is 2. The van der Waals surface area contributed by atoms with Gasteiger partial charge in [0.25, 0.3) is 5.91 Å². The van der Waals surface area contributed by atoms with E-state index in [1.807, 2.05) is 0 Å². The number of aromatic nitrogens is 1. The van der Waals surface area contributed by atoms with Gasteiger partial charge in [-0.1, -0.05) is 6.07 Å². The van der Waals surface area contributed by atoms with Crippen molar-refractivity contribution in [2.24, 2.45) is 0 Å². The third-order valence-corrected chi connectivity index (χ3v) is 5.02. The van der Waals surface area contributed by atoms with Crippen LogP contribution >= 0.6 is 0 Å². The zero-order chi connectivity index (χ0) is 17.6. The summed E-state index contributed by atoms with van der Waals surface area (Å²) in [4.78, 5) is 24.5. The van der Waals surface area contributed by atoms with Crippen molar-refractivity contribution in [3.63, 3.8) is 0 Å². The third-order valence-electron chi connectivity index (χ3n) is 5.02. The summed E-state index contributed by atoms with van der Waals surface area (Å²) in [6.07, 6.45) is 1.56. The molecule has 0 unspecified atom stereocenters. The molecule has 25 heavy (non-hydrogen) atoms. The molecule has 0 N–H and O–H groups in total. The van der Waals surface area contributed by atoms with E-state index < -0.39 is 24.0 Å². The lowest BCUT2D eigenvalue weighted by atomic mass is 9.86. The summed E-state index contributed by atoms with van der Waals surface area (Å²) in [5.41, 5.74) is 0.470. The second-order valence-electron chi connectivity index (χ2n) is 6.29. The maximum Gasteiger partial charge on any atom is 0.253 e. The first-order valence-corrected chi connectivity index (χ1v) is 8.09. The maximum atomic E-state index is 14.4. The molecule has 0 saturated carbocycles. The summed E-state index contributed by atoms with van der Waals surface area (Å²) in [5, 5.41) is 0. The second kappa shape index (κ2) is 5.68. The van der Waals surface area contributed by atoms with E-state index in [0.29, 0.717) is 49.4 Å². The molecule has 1 aromatic heterocycles. The number of alkyl halides is 1. The lowest BCUT2D eigenvalue weighted by Gasteiger charge is -2.45. The molecule has 1 aromatic carbocycles. The van der Waals surface area contributed by atoms with Crippen molar-refractivity contribution in [2.45, 2.75) is 18.4 Å². The smallest absolute Gasteiger partial charge is 0.253 e. The van der Waals surface area contributed by atoms with Crippen LogP contribution in [0.4, 0.5) is 8.78 Å². The van der Waals surface area contributed by atoms with Crippen LogP contribution < -0.4 is 4.74 Å². The zero-order valence-corrected chi connectivity index (χ0v) is 13.4. The van der Waals surface area contributed by atoms with Gasteiger partial charge in [0, 0.05) is 25.9 Å². The molecule has 0 atom stereocenters. The number of hydrogen-bond acceptors (Lipinski definition) is 3. The molecule has 1 amide bonds. The van der Waals surface area contributed by atoms with Crippen molar-refractivity contribution in [3.8, 4) is 11.4 Å². The lowest BCUT2D eigenvalue weighted by Crippen LogP contribution is -2.50. The number of carbonyl (C=O) groups excluding carboxylic acids is 2. The third kappa shape index (κ3) is 2.26. The van der Waals surface area contributed by atoms with Gasteiger partial charge in [0.1, 0.15) is 11.4 Å². The molecule has 5 nitrogen and oxygen atoms in total. The summed E-state index contributed by atoms with van der Waals surface area (Å²) in [5.74, 6) is -0.656. The Kier molecular flexibility index (Phi) is 3.59. The van der Waals surface area contributed by atoms with Gasteiger partial charge in [-0.15, -0.1) is 0 Å². The molecule has 2 aliphatic rings. The second-order valence-corrected chi connectivity index (χ2v) is 6.29. The van der Waals surface area contributed by atoms with E-state index >= 15 is 0 Å².